The first-order valence-corrected chi connectivity index (χ1v) is 7.47. The lowest BCUT2D eigenvalue weighted by Crippen LogP contribution is -2.17. The van der Waals surface area contributed by atoms with Gasteiger partial charge in [-0.15, -0.1) is 0 Å². The highest BCUT2D eigenvalue weighted by Crippen LogP contribution is 2.22. The molecule has 116 valence electrons. The maximum atomic E-state index is 12.4. The van der Waals surface area contributed by atoms with E-state index in [1.807, 2.05) is 20.8 Å². The summed E-state index contributed by atoms with van der Waals surface area (Å²) in [6, 6.07) is 5.72. The first-order valence-electron chi connectivity index (χ1n) is 7.47. The molecule has 0 aliphatic carbocycles. The second-order valence-corrected chi connectivity index (χ2v) is 5.42. The number of anilines is 2. The van der Waals surface area contributed by atoms with Crippen LogP contribution in [0.1, 0.15) is 40.5 Å². The average molecular weight is 298 g/mol. The molecule has 0 aliphatic rings. The summed E-state index contributed by atoms with van der Waals surface area (Å²) in [5, 5.41) is 6.03. The van der Waals surface area contributed by atoms with E-state index in [0.717, 1.165) is 29.8 Å². The molecule has 0 unspecified atom stereocenters. The molecule has 1 amide bonds. The number of benzene rings is 1. The summed E-state index contributed by atoms with van der Waals surface area (Å²) in [5.74, 6) is 0.254. The molecule has 1 aromatic heterocycles. The Labute approximate surface area is 131 Å². The van der Waals surface area contributed by atoms with E-state index in [0.29, 0.717) is 11.6 Å². The van der Waals surface area contributed by atoms with Crippen LogP contribution in [0.4, 0.5) is 11.6 Å². The fourth-order valence-electron chi connectivity index (χ4n) is 2.36. The van der Waals surface area contributed by atoms with Crippen LogP contribution >= 0.6 is 0 Å². The van der Waals surface area contributed by atoms with E-state index in [-0.39, 0.29) is 5.91 Å². The maximum Gasteiger partial charge on any atom is 0.274 e. The number of carbonyl (C=O) groups is 1. The zero-order valence-corrected chi connectivity index (χ0v) is 13.5. The lowest BCUT2D eigenvalue weighted by molar-refractivity contribution is 0.102. The van der Waals surface area contributed by atoms with Gasteiger partial charge in [0.05, 0.1) is 0 Å². The minimum absolute atomic E-state index is 0.225. The normalized spacial score (nSPS) is 10.4. The van der Waals surface area contributed by atoms with E-state index >= 15 is 0 Å². The van der Waals surface area contributed by atoms with Crippen LogP contribution < -0.4 is 10.6 Å². The summed E-state index contributed by atoms with van der Waals surface area (Å²) in [6.45, 7) is 8.86. The third-order valence-corrected chi connectivity index (χ3v) is 3.34. The lowest BCUT2D eigenvalue weighted by atomic mass is 10.1. The minimum Gasteiger partial charge on any atom is -0.354 e. The number of rotatable bonds is 5. The van der Waals surface area contributed by atoms with Crippen molar-refractivity contribution in [3.8, 4) is 0 Å². The van der Waals surface area contributed by atoms with Gasteiger partial charge in [-0.25, -0.2) is 9.97 Å². The van der Waals surface area contributed by atoms with E-state index < -0.39 is 0 Å². The fourth-order valence-corrected chi connectivity index (χ4v) is 2.36. The Hall–Kier alpha value is -2.43. The molecule has 1 aromatic carbocycles. The molecule has 0 atom stereocenters. The largest absolute Gasteiger partial charge is 0.354 e. The van der Waals surface area contributed by atoms with Crippen molar-refractivity contribution in [3.05, 3.63) is 46.8 Å². The summed E-state index contributed by atoms with van der Waals surface area (Å²) in [7, 11) is 0. The van der Waals surface area contributed by atoms with Gasteiger partial charge in [0.15, 0.2) is 0 Å². The van der Waals surface area contributed by atoms with Crippen LogP contribution in [-0.4, -0.2) is 22.4 Å². The van der Waals surface area contributed by atoms with Gasteiger partial charge in [0, 0.05) is 18.4 Å². The molecule has 5 heteroatoms. The number of hydrogen-bond donors (Lipinski definition) is 2. The first kappa shape index (κ1) is 15.9. The van der Waals surface area contributed by atoms with Gasteiger partial charge in [-0.05, 0) is 44.4 Å². The van der Waals surface area contributed by atoms with Crippen molar-refractivity contribution >= 4 is 17.5 Å². The monoisotopic (exact) mass is 298 g/mol. The molecule has 0 fully saturated rings. The second-order valence-electron chi connectivity index (χ2n) is 5.42. The second kappa shape index (κ2) is 7.02. The molecule has 0 radical (unpaired) electrons. The minimum atomic E-state index is -0.225. The molecule has 0 spiro atoms. The number of amides is 1. The number of nitrogens with zero attached hydrogens (tertiary/aromatic N) is 2. The van der Waals surface area contributed by atoms with Crippen LogP contribution in [-0.2, 0) is 0 Å². The Morgan fingerprint density at radius 3 is 2.50 bits per heavy atom. The fraction of sp³-hybridized carbons (Fsp3) is 0.353. The highest BCUT2D eigenvalue weighted by atomic mass is 16.1. The predicted molar refractivity (Wildman–Crippen MR) is 89.4 cm³/mol. The summed E-state index contributed by atoms with van der Waals surface area (Å²) < 4.78 is 0. The molecule has 2 aromatic rings. The molecule has 22 heavy (non-hydrogen) atoms. The van der Waals surface area contributed by atoms with Crippen molar-refractivity contribution in [3.63, 3.8) is 0 Å². The standard InChI is InChI=1S/C17H22N4O/c1-5-7-18-17-19-8-6-14(20-17)16(22)21-15-12(3)9-11(2)10-13(15)4/h6,8-10H,5,7H2,1-4H3,(H,21,22)(H,18,19,20). The van der Waals surface area contributed by atoms with Gasteiger partial charge >= 0.3 is 0 Å². The van der Waals surface area contributed by atoms with Crippen LogP contribution in [0.2, 0.25) is 0 Å². The van der Waals surface area contributed by atoms with Crippen LogP contribution in [0, 0.1) is 20.8 Å². The Bertz CT molecular complexity index is 659. The van der Waals surface area contributed by atoms with Crippen molar-refractivity contribution in [2.24, 2.45) is 0 Å². The number of nitrogens with one attached hydrogen (secondary N) is 2. The topological polar surface area (TPSA) is 66.9 Å². The quantitative estimate of drug-likeness (QED) is 0.887. The third kappa shape index (κ3) is 3.81. The van der Waals surface area contributed by atoms with E-state index in [1.54, 1.807) is 12.3 Å². The molecule has 0 saturated carbocycles. The van der Waals surface area contributed by atoms with Crippen molar-refractivity contribution in [1.29, 1.82) is 0 Å². The molecule has 0 saturated heterocycles. The van der Waals surface area contributed by atoms with Crippen LogP contribution in [0.5, 0.6) is 0 Å². The van der Waals surface area contributed by atoms with Crippen molar-refractivity contribution < 1.29 is 4.79 Å². The smallest absolute Gasteiger partial charge is 0.274 e. The molecule has 1 heterocycles. The zero-order valence-electron chi connectivity index (χ0n) is 13.5. The van der Waals surface area contributed by atoms with Gasteiger partial charge in [-0.2, -0.15) is 0 Å². The summed E-state index contributed by atoms with van der Waals surface area (Å²) in [6.07, 6.45) is 2.57. The van der Waals surface area contributed by atoms with Gasteiger partial charge in [0.25, 0.3) is 5.91 Å². The third-order valence-electron chi connectivity index (χ3n) is 3.34. The molecule has 2 rings (SSSR count). The molecule has 0 aliphatic heterocycles. The van der Waals surface area contributed by atoms with Crippen LogP contribution in [0.15, 0.2) is 24.4 Å². The van der Waals surface area contributed by atoms with Crippen molar-refractivity contribution in [2.45, 2.75) is 34.1 Å². The molecular weight excluding hydrogens is 276 g/mol. The first-order chi connectivity index (χ1) is 10.5. The Balaban J connectivity index is 2.19. The van der Waals surface area contributed by atoms with Crippen LogP contribution in [0.25, 0.3) is 0 Å². The number of hydrogen-bond acceptors (Lipinski definition) is 4. The van der Waals surface area contributed by atoms with Gasteiger partial charge in [-0.3, -0.25) is 4.79 Å². The van der Waals surface area contributed by atoms with Gasteiger partial charge in [0.2, 0.25) is 5.95 Å². The molecule has 5 nitrogen and oxygen atoms in total. The van der Waals surface area contributed by atoms with Gasteiger partial charge in [-0.1, -0.05) is 24.6 Å². The summed E-state index contributed by atoms with van der Waals surface area (Å²) in [5.41, 5.74) is 4.47. The molecular formula is C17H22N4O. The predicted octanol–water partition coefficient (Wildman–Crippen LogP) is 3.48. The number of carbonyl (C=O) groups excluding carboxylic acids is 1. The summed E-state index contributed by atoms with van der Waals surface area (Å²) in [4.78, 5) is 20.8. The van der Waals surface area contributed by atoms with E-state index in [9.17, 15) is 4.79 Å². The Morgan fingerprint density at radius 1 is 1.18 bits per heavy atom. The number of aromatic nitrogens is 2. The maximum absolute atomic E-state index is 12.4. The Kier molecular flexibility index (Phi) is 5.09. The van der Waals surface area contributed by atoms with Gasteiger partial charge in [0.1, 0.15) is 5.69 Å². The van der Waals surface area contributed by atoms with E-state index in [1.165, 1.54) is 5.56 Å². The molecule has 0 bridgehead atoms. The summed E-state index contributed by atoms with van der Waals surface area (Å²) >= 11 is 0. The highest BCUT2D eigenvalue weighted by molar-refractivity contribution is 6.03. The highest BCUT2D eigenvalue weighted by Gasteiger charge is 2.12. The van der Waals surface area contributed by atoms with E-state index in [2.05, 4.69) is 39.7 Å². The van der Waals surface area contributed by atoms with Crippen LogP contribution in [0.3, 0.4) is 0 Å². The lowest BCUT2D eigenvalue weighted by Gasteiger charge is -2.13. The molecule has 2 N–H and O–H groups in total. The Morgan fingerprint density at radius 2 is 1.86 bits per heavy atom. The van der Waals surface area contributed by atoms with E-state index in [4.69, 9.17) is 0 Å². The van der Waals surface area contributed by atoms with Gasteiger partial charge < -0.3 is 10.6 Å². The average Bonchev–Trinajstić information content (AvgIpc) is 2.49. The SMILES string of the molecule is CCCNc1nccc(C(=O)Nc2c(C)cc(C)cc2C)n1. The number of aryl methyl sites for hydroxylation is 3. The zero-order chi connectivity index (χ0) is 16.1. The van der Waals surface area contributed by atoms with Crippen molar-refractivity contribution in [2.75, 3.05) is 17.2 Å². The van der Waals surface area contributed by atoms with Crippen molar-refractivity contribution in [1.82, 2.24) is 9.97 Å².